The molecule has 1 unspecified atom stereocenters. The molecule has 1 atom stereocenters. The Hall–Kier alpha value is -8.46. The Bertz CT molecular complexity index is 5020. The lowest BCUT2D eigenvalue weighted by Crippen LogP contribution is -2.68. The van der Waals surface area contributed by atoms with Crippen LogP contribution in [0, 0.1) is 39.4 Å². The minimum Gasteiger partial charge on any atom is -0.465 e. The molecule has 0 amide bonds. The molecule has 0 saturated heterocycles. The SMILES string of the molecule is CC(C)c1cccc(C(C)C)c1SC1=C(/C=C/c2ccc(N(CCO[Si](c3cc(C(C)(C)C)cc(C(C)(C)C)c3)(c3cc(C(C)(C)C)cc(C(C)(C)C)c3)C(C)(C)C)CCO[Si](c3cc(C(C)(C)C)cc(C(C)(C)C)c3)(c3cc(C(C)(C)C)cc(C(C)(C)C)c3)C(C)(C)C)cc2)CC(C)(C)C/C1=C\C=C\C1=C(C#N)C(=C(C#N)C#N)OC1(c1ccccc1)C(F)(F)F. The van der Waals surface area contributed by atoms with Crippen LogP contribution >= 0.6 is 11.8 Å². The molecule has 9 rings (SSSR count). The van der Waals surface area contributed by atoms with Gasteiger partial charge in [0, 0.05) is 39.7 Å². The topological polar surface area (TPSA) is 102 Å². The lowest BCUT2D eigenvalue weighted by Gasteiger charge is -2.46. The van der Waals surface area contributed by atoms with Crippen molar-refractivity contribution < 1.29 is 26.8 Å². The summed E-state index contributed by atoms with van der Waals surface area (Å²) >= 11 is 1.71. The van der Waals surface area contributed by atoms with Crippen molar-refractivity contribution in [1.29, 1.82) is 15.8 Å². The summed E-state index contributed by atoms with van der Waals surface area (Å²) in [6.45, 7) is 85.9. The largest absolute Gasteiger partial charge is 0.465 e. The number of thioether (sulfide) groups is 1. The van der Waals surface area contributed by atoms with Crippen LogP contribution in [-0.2, 0) is 62.5 Å². The fraction of sp³-hybridized carbons (Fsp3) is 0.500. The van der Waals surface area contributed by atoms with Crippen LogP contribution in [0.5, 0.6) is 0 Å². The van der Waals surface area contributed by atoms with E-state index in [4.69, 9.17) is 13.6 Å². The molecule has 0 saturated carbocycles. The van der Waals surface area contributed by atoms with Crippen molar-refractivity contribution in [1.82, 2.24) is 0 Å². The summed E-state index contributed by atoms with van der Waals surface area (Å²) in [6, 6.07) is 57.8. The van der Waals surface area contributed by atoms with E-state index in [1.807, 2.05) is 12.1 Å². The first kappa shape index (κ1) is 102. The summed E-state index contributed by atoms with van der Waals surface area (Å²) < 4.78 is 71.5. The number of hydrogen-bond donors (Lipinski definition) is 0. The first-order valence-electron chi connectivity index (χ1n) is 46.0. The molecule has 1 aliphatic carbocycles. The number of ether oxygens (including phenoxy) is 1. The summed E-state index contributed by atoms with van der Waals surface area (Å²) in [4.78, 5) is 4.65. The van der Waals surface area contributed by atoms with Crippen LogP contribution in [0.15, 0.2) is 213 Å². The molecule has 13 heteroatoms. The number of alkyl halides is 3. The Kier molecular flexibility index (Phi) is 29.9. The molecule has 7 aromatic rings. The highest BCUT2D eigenvalue weighted by Gasteiger charge is 2.65. The van der Waals surface area contributed by atoms with Crippen molar-refractivity contribution in [2.75, 3.05) is 31.2 Å². The van der Waals surface area contributed by atoms with E-state index in [2.05, 4.69) is 382 Å². The van der Waals surface area contributed by atoms with Crippen LogP contribution in [0.25, 0.3) is 6.08 Å². The van der Waals surface area contributed by atoms with E-state index >= 15 is 13.2 Å². The summed E-state index contributed by atoms with van der Waals surface area (Å²) in [6.07, 6.45) is 5.29. The molecule has 7 aromatic carbocycles. The van der Waals surface area contributed by atoms with Gasteiger partial charge in [-0.2, -0.15) is 29.0 Å². The van der Waals surface area contributed by atoms with Gasteiger partial charge in [0.15, 0.2) is 11.3 Å². The minimum atomic E-state index is -5.15. The third-order valence-corrected chi connectivity index (χ3v) is 37.1. The van der Waals surface area contributed by atoms with Crippen LogP contribution in [0.3, 0.4) is 0 Å². The van der Waals surface area contributed by atoms with Crippen molar-refractivity contribution in [3.63, 3.8) is 0 Å². The van der Waals surface area contributed by atoms with Crippen LogP contribution in [0.2, 0.25) is 10.1 Å². The maximum absolute atomic E-state index is 16.3. The van der Waals surface area contributed by atoms with E-state index in [9.17, 15) is 15.8 Å². The maximum atomic E-state index is 16.3. The van der Waals surface area contributed by atoms with Crippen LogP contribution < -0.4 is 25.6 Å². The average molecular weight is 1770 g/mol. The van der Waals surface area contributed by atoms with E-state index in [-0.39, 0.29) is 76.2 Å². The molecule has 1 heterocycles. The number of benzene rings is 7. The molecule has 0 spiro atoms. The molecule has 0 N–H and O–H groups in total. The predicted octanol–water partition coefficient (Wildman–Crippen LogP) is 29.2. The van der Waals surface area contributed by atoms with E-state index in [0.717, 1.165) is 32.2 Å². The molecule has 127 heavy (non-hydrogen) atoms. The smallest absolute Gasteiger partial charge is 0.437 e. The van der Waals surface area contributed by atoms with E-state index in [0.29, 0.717) is 39.1 Å². The predicted molar refractivity (Wildman–Crippen MR) is 538 cm³/mol. The first-order chi connectivity index (χ1) is 58.1. The van der Waals surface area contributed by atoms with Crippen molar-refractivity contribution in [2.24, 2.45) is 5.41 Å². The van der Waals surface area contributed by atoms with Gasteiger partial charge in [0.2, 0.25) is 0 Å². The molecule has 0 fully saturated rings. The molecule has 0 radical (unpaired) electrons. The Morgan fingerprint density at radius 3 is 1.13 bits per heavy atom. The van der Waals surface area contributed by atoms with Gasteiger partial charge in [-0.05, 0) is 189 Å². The zero-order valence-electron chi connectivity index (χ0n) is 84.2. The highest BCUT2D eigenvalue weighted by Crippen LogP contribution is 2.57. The number of rotatable bonds is 22. The standard InChI is InChI=1S/C114H151F3N4O3SSi2/c1-75(2)95-45-41-46-96(76(3)4)101(95)125-100-78(42-40-47-98-97(74-120)99(80(72-118)73-119)124-113(98,114(115,116)117)81-43-38-37-39-44-81)70-112(35,36)71-79(100)51-48-77-49-52-90(53-50-77)121(54-56-122-126(110(29,30)31,91-62-82(102(5,6)7)58-83(63-91)103(8,9)10)92-64-84(104(11,12)13)59-85(65-92)105(14,15)16)55-57-123-127(111(32,33)34,93-66-86(106(17,18)19)60-87(67-93)107(20,21)22)94-68-88(108(23,24)25)61-89(69-94)109(26,27)28/h37-53,58-69,75-76H,54-57,70-71H2,1-36H3/b47-40+,51-48+,78-42+. The van der Waals surface area contributed by atoms with Gasteiger partial charge >= 0.3 is 6.18 Å². The Labute approximate surface area is 772 Å². The number of anilines is 1. The molecule has 0 bridgehead atoms. The van der Waals surface area contributed by atoms with Crippen molar-refractivity contribution in [3.05, 3.63) is 275 Å². The number of nitriles is 3. The monoisotopic (exact) mass is 1770 g/mol. The van der Waals surface area contributed by atoms with Gasteiger partial charge in [0.05, 0.1) is 13.2 Å². The summed E-state index contributed by atoms with van der Waals surface area (Å²) in [7, 11) is -6.85. The molecule has 680 valence electrons. The van der Waals surface area contributed by atoms with Gasteiger partial charge in [0.25, 0.3) is 22.2 Å². The van der Waals surface area contributed by atoms with E-state index in [1.165, 1.54) is 107 Å². The van der Waals surface area contributed by atoms with Crippen molar-refractivity contribution >= 4 is 60.9 Å². The van der Waals surface area contributed by atoms with Gasteiger partial charge < -0.3 is 18.5 Å². The maximum Gasteiger partial charge on any atom is 0.437 e. The molecule has 2 aliphatic rings. The summed E-state index contributed by atoms with van der Waals surface area (Å²) in [5, 5.41) is 35.4. The van der Waals surface area contributed by atoms with Crippen molar-refractivity contribution in [2.45, 2.75) is 344 Å². The number of allylic oxidation sites excluding steroid dienone is 7. The third-order valence-electron chi connectivity index (χ3n) is 25.8. The van der Waals surface area contributed by atoms with Gasteiger partial charge in [-0.25, -0.2) is 0 Å². The molecular formula is C114H151F3N4O3SSi2. The average Bonchev–Trinajstić information content (AvgIpc) is 1.53. The Morgan fingerprint density at radius 2 is 0.819 bits per heavy atom. The second-order valence-electron chi connectivity index (χ2n) is 47.7. The molecule has 7 nitrogen and oxygen atoms in total. The second kappa shape index (κ2) is 37.1. The summed E-state index contributed by atoms with van der Waals surface area (Å²) in [5.41, 5.74) is 9.73. The zero-order chi connectivity index (χ0) is 95.4. The lowest BCUT2D eigenvalue weighted by molar-refractivity contribution is -0.249. The zero-order valence-corrected chi connectivity index (χ0v) is 87.0. The molecule has 0 aromatic heterocycles. The number of nitrogens with zero attached hydrogens (tertiary/aromatic N) is 4. The van der Waals surface area contributed by atoms with E-state index < -0.39 is 50.9 Å². The third kappa shape index (κ3) is 22.4. The highest BCUT2D eigenvalue weighted by molar-refractivity contribution is 8.03. The van der Waals surface area contributed by atoms with Gasteiger partial charge in [-0.15, -0.1) is 0 Å². The van der Waals surface area contributed by atoms with E-state index in [1.54, 1.807) is 36.0 Å². The summed E-state index contributed by atoms with van der Waals surface area (Å²) in [5.74, 6) is -0.384. The molecular weight excluding hydrogens is 1620 g/mol. The normalized spacial score (nSPS) is 16.8. The number of halogens is 3. The molecule has 1 aliphatic heterocycles. The van der Waals surface area contributed by atoms with Crippen molar-refractivity contribution in [3.8, 4) is 18.2 Å². The second-order valence-corrected chi connectivity index (χ2v) is 57.4. The first-order valence-corrected chi connectivity index (χ1v) is 50.6. The van der Waals surface area contributed by atoms with Crippen LogP contribution in [0.1, 0.15) is 341 Å². The minimum absolute atomic E-state index is 0.162. The van der Waals surface area contributed by atoms with Gasteiger partial charge in [-0.1, -0.05) is 425 Å². The Morgan fingerprint density at radius 1 is 0.465 bits per heavy atom. The quantitative estimate of drug-likeness (QED) is 0.0488. The fourth-order valence-electron chi connectivity index (χ4n) is 17.9. The van der Waals surface area contributed by atoms with Crippen LogP contribution in [0.4, 0.5) is 18.9 Å². The number of hydrogen-bond acceptors (Lipinski definition) is 8. The highest BCUT2D eigenvalue weighted by atomic mass is 32.2. The Balaban J connectivity index is 1.30. The fourth-order valence-corrected chi connectivity index (χ4v) is 28.8. The van der Waals surface area contributed by atoms with Gasteiger partial charge in [0.1, 0.15) is 23.8 Å². The lowest BCUT2D eigenvalue weighted by atomic mass is 9.74. The van der Waals surface area contributed by atoms with Crippen LogP contribution in [-0.4, -0.2) is 49.1 Å². The van der Waals surface area contributed by atoms with Gasteiger partial charge in [-0.3, -0.25) is 0 Å².